The van der Waals surface area contributed by atoms with Crippen molar-refractivity contribution in [2.45, 2.75) is 49.1 Å². The summed E-state index contributed by atoms with van der Waals surface area (Å²) in [6.45, 7) is 1.94. The van der Waals surface area contributed by atoms with Crippen LogP contribution in [-0.2, 0) is 19.7 Å². The number of rotatable bonds is 1. The molecule has 1 aromatic carbocycles. The van der Waals surface area contributed by atoms with Crippen LogP contribution < -0.4 is 4.90 Å². The molecule has 3 fully saturated rings. The van der Waals surface area contributed by atoms with Crippen LogP contribution in [0.1, 0.15) is 37.7 Å². The van der Waals surface area contributed by atoms with E-state index in [0.29, 0.717) is 17.7 Å². The number of para-hydroxylation sites is 1. The Labute approximate surface area is 175 Å². The summed E-state index contributed by atoms with van der Waals surface area (Å²) in [5.41, 5.74) is 0.510. The Morgan fingerprint density at radius 3 is 2.70 bits per heavy atom. The quantitative estimate of drug-likeness (QED) is 0.718. The molecule has 0 aromatic heterocycles. The first-order chi connectivity index (χ1) is 14.5. The van der Waals surface area contributed by atoms with E-state index in [9.17, 15) is 14.7 Å². The van der Waals surface area contributed by atoms with Gasteiger partial charge in [-0.3, -0.25) is 9.80 Å². The highest BCUT2D eigenvalue weighted by Gasteiger charge is 2.79. The number of methoxy groups -OCH3 is 2. The maximum absolute atomic E-state index is 13.3. The summed E-state index contributed by atoms with van der Waals surface area (Å²) in [6.07, 6.45) is 6.09. The predicted molar refractivity (Wildman–Crippen MR) is 108 cm³/mol. The van der Waals surface area contributed by atoms with E-state index in [1.165, 1.54) is 14.2 Å². The topological polar surface area (TPSA) is 79.3 Å². The highest BCUT2D eigenvalue weighted by molar-refractivity contribution is 6.04. The van der Waals surface area contributed by atoms with Crippen molar-refractivity contribution < 1.29 is 24.2 Å². The predicted octanol–water partition coefficient (Wildman–Crippen LogP) is 2.72. The van der Waals surface area contributed by atoms with Gasteiger partial charge >= 0.3 is 12.1 Å². The van der Waals surface area contributed by atoms with Gasteiger partial charge in [-0.1, -0.05) is 18.2 Å². The molecule has 7 rings (SSSR count). The van der Waals surface area contributed by atoms with Crippen molar-refractivity contribution in [2.24, 2.45) is 5.41 Å². The van der Waals surface area contributed by atoms with E-state index in [-0.39, 0.29) is 17.2 Å². The van der Waals surface area contributed by atoms with Crippen LogP contribution in [0.3, 0.4) is 0 Å². The molecular weight excluding hydrogens is 384 g/mol. The number of hydrogen-bond acceptors (Lipinski definition) is 6. The van der Waals surface area contributed by atoms with Crippen LogP contribution in [0.5, 0.6) is 5.75 Å². The second kappa shape index (κ2) is 5.58. The van der Waals surface area contributed by atoms with Gasteiger partial charge in [0.2, 0.25) is 0 Å². The van der Waals surface area contributed by atoms with Crippen molar-refractivity contribution in [3.05, 3.63) is 35.4 Å². The van der Waals surface area contributed by atoms with Gasteiger partial charge in [0.15, 0.2) is 0 Å². The number of phenols is 1. The minimum absolute atomic E-state index is 0.0482. The minimum Gasteiger partial charge on any atom is -0.506 e. The fourth-order valence-electron chi connectivity index (χ4n) is 8.01. The van der Waals surface area contributed by atoms with Gasteiger partial charge in [0.1, 0.15) is 5.75 Å². The summed E-state index contributed by atoms with van der Waals surface area (Å²) >= 11 is 0. The molecule has 158 valence electrons. The SMILES string of the molecule is COC(=O)C1=CC23CCCN4CCC5(c6cccc(O)c6N(C(=O)OC)C15CC2)C43. The maximum Gasteiger partial charge on any atom is 0.414 e. The van der Waals surface area contributed by atoms with Crippen LogP contribution in [0.2, 0.25) is 0 Å². The van der Waals surface area contributed by atoms with Crippen LogP contribution in [0.25, 0.3) is 0 Å². The zero-order valence-corrected chi connectivity index (χ0v) is 17.3. The lowest BCUT2D eigenvalue weighted by Gasteiger charge is -2.66. The standard InChI is InChI=1S/C23H26N2O5/c1-29-18(27)15-13-21-7-4-11-24-12-10-22(19(21)24)14-5-3-6-16(26)17(14)25(20(28)30-2)23(15,22)9-8-21/h3,5-6,13,19,26H,4,7-12H2,1-2H3. The van der Waals surface area contributed by atoms with Gasteiger partial charge in [-0.15, -0.1) is 0 Å². The summed E-state index contributed by atoms with van der Waals surface area (Å²) in [6, 6.07) is 5.67. The molecule has 3 aliphatic carbocycles. The van der Waals surface area contributed by atoms with E-state index in [1.54, 1.807) is 11.0 Å². The third-order valence-corrected chi connectivity index (χ3v) is 8.69. The van der Waals surface area contributed by atoms with Crippen molar-refractivity contribution >= 4 is 17.7 Å². The summed E-state index contributed by atoms with van der Waals surface area (Å²) in [7, 11) is 2.75. The van der Waals surface area contributed by atoms with E-state index in [1.807, 2.05) is 12.1 Å². The average Bonchev–Trinajstić information content (AvgIpc) is 3.29. The van der Waals surface area contributed by atoms with Crippen molar-refractivity contribution in [3.63, 3.8) is 0 Å². The molecule has 0 radical (unpaired) electrons. The fraction of sp³-hybridized carbons (Fsp3) is 0.565. The number of carbonyl (C=O) groups excluding carboxylic acids is 2. The lowest BCUT2D eigenvalue weighted by molar-refractivity contribution is -0.139. The molecule has 3 spiro atoms. The van der Waals surface area contributed by atoms with Gasteiger partial charge in [-0.25, -0.2) is 9.59 Å². The Morgan fingerprint density at radius 1 is 1.10 bits per heavy atom. The van der Waals surface area contributed by atoms with Crippen LogP contribution in [0, 0.1) is 5.41 Å². The molecule has 6 aliphatic rings. The van der Waals surface area contributed by atoms with Gasteiger partial charge in [0.25, 0.3) is 0 Å². The van der Waals surface area contributed by atoms with Gasteiger partial charge in [-0.2, -0.15) is 0 Å². The second-order valence-electron chi connectivity index (χ2n) is 9.39. The highest BCUT2D eigenvalue weighted by Crippen LogP contribution is 2.74. The minimum atomic E-state index is -0.910. The average molecular weight is 410 g/mol. The van der Waals surface area contributed by atoms with Gasteiger partial charge in [0, 0.05) is 16.9 Å². The molecule has 30 heavy (non-hydrogen) atoms. The number of benzene rings is 1. The van der Waals surface area contributed by atoms with Crippen molar-refractivity contribution in [1.82, 2.24) is 4.90 Å². The lowest BCUT2D eigenvalue weighted by Crippen LogP contribution is -2.75. The van der Waals surface area contributed by atoms with Gasteiger partial charge in [-0.05, 0) is 56.8 Å². The number of phenolic OH excluding ortho intramolecular Hbond substituents is 1. The molecule has 1 saturated carbocycles. The lowest BCUT2D eigenvalue weighted by atomic mass is 9.42. The normalized spacial score (nSPS) is 37.9. The molecule has 1 N–H and O–H groups in total. The van der Waals surface area contributed by atoms with Crippen LogP contribution >= 0.6 is 0 Å². The maximum atomic E-state index is 13.3. The third-order valence-electron chi connectivity index (χ3n) is 8.69. The number of hydrogen-bond donors (Lipinski definition) is 1. The fourth-order valence-corrected chi connectivity index (χ4v) is 8.01. The Morgan fingerprint density at radius 2 is 1.93 bits per heavy atom. The summed E-state index contributed by atoms with van der Waals surface area (Å²) in [5.74, 6) is -0.343. The molecule has 4 unspecified atom stereocenters. The number of piperidine rings is 1. The summed E-state index contributed by atoms with van der Waals surface area (Å²) in [5, 5.41) is 10.9. The molecule has 3 aliphatic heterocycles. The van der Waals surface area contributed by atoms with Crippen LogP contribution in [0.4, 0.5) is 10.5 Å². The first-order valence-corrected chi connectivity index (χ1v) is 10.7. The number of aromatic hydroxyl groups is 1. The zero-order valence-electron chi connectivity index (χ0n) is 17.3. The van der Waals surface area contributed by atoms with E-state index in [0.717, 1.165) is 44.3 Å². The van der Waals surface area contributed by atoms with Gasteiger partial charge < -0.3 is 14.6 Å². The monoisotopic (exact) mass is 410 g/mol. The van der Waals surface area contributed by atoms with Gasteiger partial charge in [0.05, 0.1) is 31.0 Å². The number of nitrogens with zero attached hydrogens (tertiary/aromatic N) is 2. The van der Waals surface area contributed by atoms with E-state index in [4.69, 9.17) is 9.47 Å². The molecule has 3 heterocycles. The molecule has 7 heteroatoms. The molecule has 7 nitrogen and oxygen atoms in total. The third kappa shape index (κ3) is 1.67. The van der Waals surface area contributed by atoms with E-state index < -0.39 is 23.0 Å². The first-order valence-electron chi connectivity index (χ1n) is 10.7. The molecule has 2 bridgehead atoms. The Hall–Kier alpha value is -2.54. The molecule has 4 atom stereocenters. The molecule has 1 amide bonds. The summed E-state index contributed by atoms with van der Waals surface area (Å²) < 4.78 is 10.5. The van der Waals surface area contributed by atoms with E-state index in [2.05, 4.69) is 11.0 Å². The largest absolute Gasteiger partial charge is 0.506 e. The van der Waals surface area contributed by atoms with Crippen molar-refractivity contribution in [1.29, 1.82) is 0 Å². The van der Waals surface area contributed by atoms with Crippen LogP contribution in [-0.4, -0.2) is 61.0 Å². The second-order valence-corrected chi connectivity index (χ2v) is 9.39. The number of carbonyl (C=O) groups is 2. The number of anilines is 1. The number of esters is 1. The van der Waals surface area contributed by atoms with Crippen molar-refractivity contribution in [2.75, 3.05) is 32.2 Å². The molecular formula is C23H26N2O5. The van der Waals surface area contributed by atoms with Crippen LogP contribution in [0.15, 0.2) is 29.8 Å². The Bertz CT molecular complexity index is 1020. The Balaban J connectivity index is 1.75. The molecule has 1 aromatic rings. The molecule has 2 saturated heterocycles. The zero-order chi connectivity index (χ0) is 20.9. The summed E-state index contributed by atoms with van der Waals surface area (Å²) in [4.78, 5) is 30.6. The number of amides is 1. The smallest absolute Gasteiger partial charge is 0.414 e. The van der Waals surface area contributed by atoms with Crippen molar-refractivity contribution in [3.8, 4) is 5.75 Å². The first kappa shape index (κ1) is 18.2. The number of fused-ring (bicyclic) bond motifs is 2. The highest BCUT2D eigenvalue weighted by atomic mass is 16.5. The Kier molecular flexibility index (Phi) is 3.39. The number of ether oxygens (including phenoxy) is 2. The van der Waals surface area contributed by atoms with E-state index >= 15 is 0 Å².